The summed E-state index contributed by atoms with van der Waals surface area (Å²) in [5.74, 6) is 0.0760. The minimum atomic E-state index is -0.131. The molecule has 0 N–H and O–H groups in total. The second-order valence-electron chi connectivity index (χ2n) is 4.51. The molecule has 78 valence electrons. The molecule has 0 aliphatic heterocycles. The lowest BCUT2D eigenvalue weighted by Gasteiger charge is -2.21. The first-order valence-electron chi connectivity index (χ1n) is 4.96. The predicted molar refractivity (Wildman–Crippen MR) is 56.6 cm³/mol. The molecule has 0 aromatic carbocycles. The molecule has 3 nitrogen and oxygen atoms in total. The molecule has 0 saturated carbocycles. The van der Waals surface area contributed by atoms with Gasteiger partial charge < -0.3 is 0 Å². The third-order valence-electron chi connectivity index (χ3n) is 2.12. The molecule has 0 atom stereocenters. The van der Waals surface area contributed by atoms with Gasteiger partial charge >= 0.3 is 0 Å². The molecule has 0 saturated heterocycles. The van der Waals surface area contributed by atoms with Crippen LogP contribution in [0.5, 0.6) is 0 Å². The number of carbonyl (C=O) groups excluding carboxylic acids is 1. The highest BCUT2D eigenvalue weighted by Gasteiger charge is 2.20. The first kappa shape index (κ1) is 11.0. The third-order valence-corrected chi connectivity index (χ3v) is 2.12. The minimum absolute atomic E-state index is 0.0760. The maximum atomic E-state index is 11.4. The lowest BCUT2D eigenvalue weighted by atomic mass is 10.1. The Balaban J connectivity index is 3.26. The van der Waals surface area contributed by atoms with Gasteiger partial charge in [-0.3, -0.25) is 9.48 Å². The molecule has 0 aliphatic carbocycles. The fraction of sp³-hybridized carbons (Fsp3) is 0.636. The molecule has 1 aromatic heterocycles. The molecule has 0 radical (unpaired) electrons. The van der Waals surface area contributed by atoms with Gasteiger partial charge in [-0.1, -0.05) is 6.92 Å². The van der Waals surface area contributed by atoms with Crippen molar-refractivity contribution < 1.29 is 4.79 Å². The van der Waals surface area contributed by atoms with Crippen LogP contribution in [0.3, 0.4) is 0 Å². The molecular weight excluding hydrogens is 176 g/mol. The molecule has 0 fully saturated rings. The lowest BCUT2D eigenvalue weighted by Crippen LogP contribution is -2.26. The van der Waals surface area contributed by atoms with Crippen LogP contribution >= 0.6 is 0 Å². The summed E-state index contributed by atoms with van der Waals surface area (Å²) in [4.78, 5) is 11.4. The summed E-state index contributed by atoms with van der Waals surface area (Å²) in [6, 6.07) is 1.88. The molecule has 0 amide bonds. The smallest absolute Gasteiger partial charge is 0.177 e. The van der Waals surface area contributed by atoms with E-state index in [9.17, 15) is 4.79 Å². The Bertz CT molecular complexity index is 345. The van der Waals surface area contributed by atoms with Gasteiger partial charge in [0.05, 0.1) is 11.2 Å². The van der Waals surface area contributed by atoms with Crippen LogP contribution in [0.2, 0.25) is 0 Å². The number of ketones is 1. The largest absolute Gasteiger partial charge is 0.293 e. The van der Waals surface area contributed by atoms with Crippen LogP contribution in [0.1, 0.15) is 50.8 Å². The van der Waals surface area contributed by atoms with Crippen LogP contribution < -0.4 is 0 Å². The zero-order valence-corrected chi connectivity index (χ0v) is 9.59. The van der Waals surface area contributed by atoms with E-state index < -0.39 is 0 Å². The van der Waals surface area contributed by atoms with Crippen molar-refractivity contribution in [2.75, 3.05) is 0 Å². The van der Waals surface area contributed by atoms with E-state index in [2.05, 4.69) is 5.10 Å². The van der Waals surface area contributed by atoms with Gasteiger partial charge in [-0.05, 0) is 33.3 Å². The number of hydrogen-bond acceptors (Lipinski definition) is 2. The van der Waals surface area contributed by atoms with Crippen molar-refractivity contribution >= 4 is 5.78 Å². The number of Topliss-reactive ketones (excluding diaryl/α,β-unsaturated/α-hetero) is 1. The van der Waals surface area contributed by atoms with E-state index in [1.165, 1.54) is 0 Å². The summed E-state index contributed by atoms with van der Waals surface area (Å²) >= 11 is 0. The van der Waals surface area contributed by atoms with E-state index in [1.54, 1.807) is 6.92 Å². The maximum absolute atomic E-state index is 11.4. The number of nitrogens with zero attached hydrogens (tertiary/aromatic N) is 2. The van der Waals surface area contributed by atoms with Crippen molar-refractivity contribution in [1.82, 2.24) is 9.78 Å². The average Bonchev–Trinajstić information content (AvgIpc) is 2.46. The SMILES string of the molecule is CCc1cc(C(C)=O)n(C(C)(C)C)n1. The molecule has 0 aliphatic rings. The van der Waals surface area contributed by atoms with Crippen LogP contribution in [0, 0.1) is 0 Å². The number of aryl methyl sites for hydroxylation is 1. The molecule has 0 unspecified atom stereocenters. The first-order chi connectivity index (χ1) is 6.36. The zero-order chi connectivity index (χ0) is 10.9. The van der Waals surface area contributed by atoms with E-state index in [-0.39, 0.29) is 11.3 Å². The fourth-order valence-electron chi connectivity index (χ4n) is 1.37. The highest BCUT2D eigenvalue weighted by Crippen LogP contribution is 2.18. The maximum Gasteiger partial charge on any atom is 0.177 e. The molecule has 14 heavy (non-hydrogen) atoms. The fourth-order valence-corrected chi connectivity index (χ4v) is 1.37. The third kappa shape index (κ3) is 2.03. The van der Waals surface area contributed by atoms with Gasteiger partial charge in [0.25, 0.3) is 0 Å². The van der Waals surface area contributed by atoms with E-state index >= 15 is 0 Å². The molecule has 1 heterocycles. The Hall–Kier alpha value is -1.12. The number of carbonyl (C=O) groups is 1. The van der Waals surface area contributed by atoms with Gasteiger partial charge in [0.15, 0.2) is 5.78 Å². The summed E-state index contributed by atoms with van der Waals surface area (Å²) in [5, 5.41) is 4.42. The quantitative estimate of drug-likeness (QED) is 0.678. The van der Waals surface area contributed by atoms with Crippen molar-refractivity contribution in [3.8, 4) is 0 Å². The van der Waals surface area contributed by atoms with Gasteiger partial charge in [-0.2, -0.15) is 5.10 Å². The zero-order valence-electron chi connectivity index (χ0n) is 9.59. The standard InChI is InChI=1S/C11H18N2O/c1-6-9-7-10(8(2)14)13(12-9)11(3,4)5/h7H,6H2,1-5H3. The van der Waals surface area contributed by atoms with E-state index in [0.29, 0.717) is 5.69 Å². The van der Waals surface area contributed by atoms with Crippen LogP contribution in [-0.4, -0.2) is 15.6 Å². The normalized spacial score (nSPS) is 11.8. The Labute approximate surface area is 85.1 Å². The van der Waals surface area contributed by atoms with Crippen LogP contribution in [0.15, 0.2) is 6.07 Å². The molecule has 3 heteroatoms. The number of hydrogen-bond donors (Lipinski definition) is 0. The van der Waals surface area contributed by atoms with Crippen molar-refractivity contribution in [2.24, 2.45) is 0 Å². The molecule has 1 rings (SSSR count). The summed E-state index contributed by atoms with van der Waals surface area (Å²) in [7, 11) is 0. The highest BCUT2D eigenvalue weighted by molar-refractivity contribution is 5.92. The topological polar surface area (TPSA) is 34.9 Å². The minimum Gasteiger partial charge on any atom is -0.293 e. The Morgan fingerprint density at radius 3 is 2.36 bits per heavy atom. The van der Waals surface area contributed by atoms with Crippen LogP contribution in [0.4, 0.5) is 0 Å². The van der Waals surface area contributed by atoms with E-state index in [0.717, 1.165) is 12.1 Å². The summed E-state index contributed by atoms with van der Waals surface area (Å²) < 4.78 is 1.81. The number of aromatic nitrogens is 2. The Morgan fingerprint density at radius 1 is 1.50 bits per heavy atom. The summed E-state index contributed by atoms with van der Waals surface area (Å²) in [6.07, 6.45) is 0.864. The van der Waals surface area contributed by atoms with Gasteiger partial charge in [-0.25, -0.2) is 0 Å². The van der Waals surface area contributed by atoms with E-state index in [4.69, 9.17) is 0 Å². The summed E-state index contributed by atoms with van der Waals surface area (Å²) in [6.45, 7) is 9.77. The molecule has 1 aromatic rings. The van der Waals surface area contributed by atoms with Gasteiger partial charge in [0, 0.05) is 6.92 Å². The monoisotopic (exact) mass is 194 g/mol. The van der Waals surface area contributed by atoms with E-state index in [1.807, 2.05) is 38.4 Å². The lowest BCUT2D eigenvalue weighted by molar-refractivity contribution is 0.0996. The molecule has 0 bridgehead atoms. The highest BCUT2D eigenvalue weighted by atomic mass is 16.1. The van der Waals surface area contributed by atoms with Crippen molar-refractivity contribution in [1.29, 1.82) is 0 Å². The van der Waals surface area contributed by atoms with Gasteiger partial charge in [-0.15, -0.1) is 0 Å². The van der Waals surface area contributed by atoms with Crippen molar-refractivity contribution in [3.05, 3.63) is 17.5 Å². The second kappa shape index (κ2) is 3.56. The number of rotatable bonds is 2. The van der Waals surface area contributed by atoms with Crippen LogP contribution in [0.25, 0.3) is 0 Å². The van der Waals surface area contributed by atoms with Crippen LogP contribution in [-0.2, 0) is 12.0 Å². The molecule has 0 spiro atoms. The van der Waals surface area contributed by atoms with Gasteiger partial charge in [0.1, 0.15) is 5.69 Å². The summed E-state index contributed by atoms with van der Waals surface area (Å²) in [5.41, 5.74) is 1.55. The van der Waals surface area contributed by atoms with Crippen molar-refractivity contribution in [3.63, 3.8) is 0 Å². The second-order valence-corrected chi connectivity index (χ2v) is 4.51. The van der Waals surface area contributed by atoms with Crippen molar-refractivity contribution in [2.45, 2.75) is 46.6 Å². The first-order valence-corrected chi connectivity index (χ1v) is 4.96. The van der Waals surface area contributed by atoms with Gasteiger partial charge in [0.2, 0.25) is 0 Å². The average molecular weight is 194 g/mol. The molecular formula is C11H18N2O. The predicted octanol–water partition coefficient (Wildman–Crippen LogP) is 2.40. The Kier molecular flexibility index (Phi) is 2.79. The Morgan fingerprint density at radius 2 is 2.07 bits per heavy atom.